The number of imidazole rings is 2. The van der Waals surface area contributed by atoms with Gasteiger partial charge in [-0.1, -0.05) is 6.07 Å². The number of pyridine rings is 1. The minimum atomic E-state index is -2.79. The van der Waals surface area contributed by atoms with Crippen LogP contribution >= 0.6 is 0 Å². The van der Waals surface area contributed by atoms with Crippen LogP contribution in [-0.2, 0) is 24.3 Å². The Kier molecular flexibility index (Phi) is 7.33. The fourth-order valence-electron chi connectivity index (χ4n) is 4.78. The number of halogens is 4. The van der Waals surface area contributed by atoms with Crippen LogP contribution in [0.4, 0.5) is 17.6 Å². The predicted molar refractivity (Wildman–Crippen MR) is 141 cm³/mol. The van der Waals surface area contributed by atoms with Gasteiger partial charge in [0.05, 0.1) is 34.9 Å². The average Bonchev–Trinajstić information content (AvgIpc) is 3.55. The molecule has 0 spiro atoms. The van der Waals surface area contributed by atoms with E-state index in [4.69, 9.17) is 9.47 Å². The van der Waals surface area contributed by atoms with Crippen molar-refractivity contribution in [3.63, 3.8) is 0 Å². The molecule has 0 bridgehead atoms. The van der Waals surface area contributed by atoms with Gasteiger partial charge < -0.3 is 19.1 Å². The van der Waals surface area contributed by atoms with Gasteiger partial charge in [0, 0.05) is 37.1 Å². The number of carbonyl (C=O) groups is 1. The van der Waals surface area contributed by atoms with Crippen LogP contribution in [0, 0.1) is 11.6 Å². The molecular formula is C29H23F4N5O4. The Morgan fingerprint density at radius 2 is 1.93 bits per heavy atom. The highest BCUT2D eigenvalue weighted by atomic mass is 19.3. The highest BCUT2D eigenvalue weighted by Gasteiger charge is 2.24. The predicted octanol–water partition coefficient (Wildman–Crippen LogP) is 5.63. The Labute approximate surface area is 236 Å². The quantitative estimate of drug-likeness (QED) is 0.213. The molecule has 1 N–H and O–H groups in total. The van der Waals surface area contributed by atoms with Gasteiger partial charge in [0.25, 0.3) is 0 Å². The van der Waals surface area contributed by atoms with Crippen LogP contribution in [0.3, 0.4) is 0 Å². The molecule has 0 saturated carbocycles. The molecule has 4 heterocycles. The van der Waals surface area contributed by atoms with Crippen molar-refractivity contribution in [2.45, 2.75) is 38.6 Å². The fraction of sp³-hybridized carbons (Fsp3) is 0.241. The molecule has 42 heavy (non-hydrogen) atoms. The van der Waals surface area contributed by atoms with Crippen molar-refractivity contribution in [2.24, 2.45) is 0 Å². The van der Waals surface area contributed by atoms with Crippen molar-refractivity contribution in [1.82, 2.24) is 24.1 Å². The van der Waals surface area contributed by atoms with Crippen LogP contribution in [0.15, 0.2) is 60.9 Å². The first-order valence-electron chi connectivity index (χ1n) is 13.0. The van der Waals surface area contributed by atoms with Gasteiger partial charge >= 0.3 is 12.5 Å². The summed E-state index contributed by atoms with van der Waals surface area (Å²) in [7, 11) is 0. The molecule has 0 amide bonds. The summed E-state index contributed by atoms with van der Waals surface area (Å²) < 4.78 is 70.4. The zero-order valence-corrected chi connectivity index (χ0v) is 21.9. The first kappa shape index (κ1) is 27.4. The smallest absolute Gasteiger partial charge is 0.335 e. The molecule has 0 aliphatic carbocycles. The lowest BCUT2D eigenvalue weighted by Gasteiger charge is -2.27. The number of carboxylic acid groups (broad SMARTS) is 1. The molecule has 5 aromatic rings. The van der Waals surface area contributed by atoms with E-state index in [0.29, 0.717) is 34.6 Å². The normalized spacial score (nSPS) is 14.8. The minimum absolute atomic E-state index is 0.0205. The first-order valence-corrected chi connectivity index (χ1v) is 13.0. The third kappa shape index (κ3) is 5.42. The molecule has 2 aromatic carbocycles. The van der Waals surface area contributed by atoms with Gasteiger partial charge in [0.1, 0.15) is 24.1 Å². The summed E-state index contributed by atoms with van der Waals surface area (Å²) in [5.74, 6) is -2.08. The minimum Gasteiger partial charge on any atom is -0.478 e. The molecule has 13 heteroatoms. The lowest BCUT2D eigenvalue weighted by atomic mass is 10.0. The van der Waals surface area contributed by atoms with E-state index in [1.165, 1.54) is 36.5 Å². The summed E-state index contributed by atoms with van der Waals surface area (Å²) in [6.45, 7) is -2.07. The SMILES string of the molecule is O=C(O)c1ccc2nc(Cc3cc(F)c(-c4cccc(OCc5nccn5C(F)F)n4)cc3F)n(CC3CCO3)c2c1. The number of benzene rings is 2. The lowest BCUT2D eigenvalue weighted by Crippen LogP contribution is -2.31. The molecule has 1 unspecified atom stereocenters. The van der Waals surface area contributed by atoms with Crippen LogP contribution in [0.1, 0.15) is 40.5 Å². The Hall–Kier alpha value is -4.78. The lowest BCUT2D eigenvalue weighted by molar-refractivity contribution is -0.0589. The molecular weight excluding hydrogens is 558 g/mol. The van der Waals surface area contributed by atoms with Crippen LogP contribution < -0.4 is 4.74 Å². The number of carboxylic acids is 1. The summed E-state index contributed by atoms with van der Waals surface area (Å²) >= 11 is 0. The third-order valence-electron chi connectivity index (χ3n) is 7.05. The number of ether oxygens (including phenoxy) is 2. The Balaban J connectivity index is 1.27. The molecule has 1 atom stereocenters. The maximum Gasteiger partial charge on any atom is 0.335 e. The van der Waals surface area contributed by atoms with Gasteiger partial charge in [0.15, 0.2) is 5.82 Å². The van der Waals surface area contributed by atoms with Crippen molar-refractivity contribution in [3.05, 3.63) is 95.3 Å². The van der Waals surface area contributed by atoms with Gasteiger partial charge in [-0.3, -0.25) is 4.57 Å². The van der Waals surface area contributed by atoms with Gasteiger partial charge in [-0.05, 0) is 48.4 Å². The molecule has 1 aliphatic heterocycles. The monoisotopic (exact) mass is 581 g/mol. The number of aromatic carboxylic acids is 1. The number of nitrogens with zero attached hydrogens (tertiary/aromatic N) is 5. The number of hydrogen-bond acceptors (Lipinski definition) is 6. The van der Waals surface area contributed by atoms with E-state index in [1.807, 2.05) is 0 Å². The highest BCUT2D eigenvalue weighted by Crippen LogP contribution is 2.29. The van der Waals surface area contributed by atoms with Gasteiger partial charge in [0.2, 0.25) is 5.88 Å². The third-order valence-corrected chi connectivity index (χ3v) is 7.05. The maximum absolute atomic E-state index is 15.4. The molecule has 6 rings (SSSR count). The van der Waals surface area contributed by atoms with Crippen LogP contribution in [0.25, 0.3) is 22.3 Å². The van der Waals surface area contributed by atoms with E-state index < -0.39 is 24.2 Å². The molecule has 1 aliphatic rings. The van der Waals surface area contributed by atoms with Crippen molar-refractivity contribution < 1.29 is 36.9 Å². The van der Waals surface area contributed by atoms with Gasteiger partial charge in [-0.25, -0.2) is 28.5 Å². The summed E-state index contributed by atoms with van der Waals surface area (Å²) in [5, 5.41) is 9.43. The van der Waals surface area contributed by atoms with E-state index in [9.17, 15) is 18.7 Å². The van der Waals surface area contributed by atoms with E-state index in [1.54, 1.807) is 10.6 Å². The topological polar surface area (TPSA) is 104 Å². The fourth-order valence-corrected chi connectivity index (χ4v) is 4.78. The van der Waals surface area contributed by atoms with Gasteiger partial charge in [-0.15, -0.1) is 0 Å². The van der Waals surface area contributed by atoms with Crippen LogP contribution in [-0.4, -0.2) is 47.9 Å². The molecule has 0 radical (unpaired) electrons. The van der Waals surface area contributed by atoms with Gasteiger partial charge in [-0.2, -0.15) is 8.78 Å². The van der Waals surface area contributed by atoms with Crippen LogP contribution in [0.5, 0.6) is 5.88 Å². The maximum atomic E-state index is 15.4. The average molecular weight is 582 g/mol. The summed E-state index contributed by atoms with van der Waals surface area (Å²) in [6, 6.07) is 11.1. The van der Waals surface area contributed by atoms with E-state index >= 15 is 8.78 Å². The second-order valence-corrected chi connectivity index (χ2v) is 9.71. The first-order chi connectivity index (χ1) is 20.3. The van der Waals surface area contributed by atoms with E-state index in [0.717, 1.165) is 24.8 Å². The molecule has 1 saturated heterocycles. The second kappa shape index (κ2) is 11.2. The highest BCUT2D eigenvalue weighted by molar-refractivity contribution is 5.92. The number of fused-ring (bicyclic) bond motifs is 1. The Morgan fingerprint density at radius 3 is 2.67 bits per heavy atom. The largest absolute Gasteiger partial charge is 0.478 e. The summed E-state index contributed by atoms with van der Waals surface area (Å²) in [6.07, 6.45) is 3.02. The van der Waals surface area contributed by atoms with Crippen molar-refractivity contribution in [2.75, 3.05) is 6.61 Å². The molecule has 216 valence electrons. The standard InChI is InChI=1S/C29H23F4N5O4/c30-20-13-19(22-2-1-3-27(36-22)42-15-26-34-7-8-37(26)29(32)33)21(31)10-17(20)12-25-35-23-5-4-16(28(39)40)11-24(23)38(25)14-18-6-9-41-18/h1-5,7-8,10-11,13,18,29H,6,9,12,14-15H2,(H,39,40). The van der Waals surface area contributed by atoms with E-state index in [2.05, 4.69) is 15.0 Å². The zero-order valence-electron chi connectivity index (χ0n) is 21.9. The van der Waals surface area contributed by atoms with Crippen molar-refractivity contribution in [1.29, 1.82) is 0 Å². The summed E-state index contributed by atoms with van der Waals surface area (Å²) in [5.41, 5.74) is 1.21. The molecule has 1 fully saturated rings. The number of rotatable bonds is 10. The van der Waals surface area contributed by atoms with Crippen molar-refractivity contribution in [3.8, 4) is 17.1 Å². The zero-order chi connectivity index (χ0) is 29.4. The van der Waals surface area contributed by atoms with Crippen LogP contribution in [0.2, 0.25) is 0 Å². The van der Waals surface area contributed by atoms with E-state index in [-0.39, 0.29) is 53.2 Å². The number of aromatic nitrogens is 5. The Bertz CT molecular complexity index is 1780. The Morgan fingerprint density at radius 1 is 1.10 bits per heavy atom. The molecule has 9 nitrogen and oxygen atoms in total. The van der Waals surface area contributed by atoms with Crippen molar-refractivity contribution >= 4 is 17.0 Å². The number of hydrogen-bond donors (Lipinski definition) is 1. The molecule has 3 aromatic heterocycles. The summed E-state index contributed by atoms with van der Waals surface area (Å²) in [4.78, 5) is 24.2. The number of alkyl halides is 2. The second-order valence-electron chi connectivity index (χ2n) is 9.71.